The SMILES string of the molecule is Cc1ccc(CC(C)NC(=O)[C@@H]2CC[C@H](CN)O2)s1.Cl. The highest BCUT2D eigenvalue weighted by Gasteiger charge is 2.30. The summed E-state index contributed by atoms with van der Waals surface area (Å²) in [6.45, 7) is 4.62. The largest absolute Gasteiger partial charge is 0.364 e. The smallest absolute Gasteiger partial charge is 0.249 e. The van der Waals surface area contributed by atoms with Gasteiger partial charge in [0.2, 0.25) is 5.91 Å². The number of rotatable bonds is 5. The molecule has 3 atom stereocenters. The van der Waals surface area contributed by atoms with E-state index in [9.17, 15) is 4.79 Å². The molecule has 0 aromatic carbocycles. The van der Waals surface area contributed by atoms with Crippen LogP contribution in [0.3, 0.4) is 0 Å². The van der Waals surface area contributed by atoms with E-state index in [0.717, 1.165) is 19.3 Å². The van der Waals surface area contributed by atoms with E-state index < -0.39 is 0 Å². The van der Waals surface area contributed by atoms with Gasteiger partial charge in [-0.3, -0.25) is 4.79 Å². The van der Waals surface area contributed by atoms with Gasteiger partial charge in [-0.2, -0.15) is 0 Å². The molecule has 1 aliphatic heterocycles. The van der Waals surface area contributed by atoms with Gasteiger partial charge in [0.1, 0.15) is 6.10 Å². The zero-order chi connectivity index (χ0) is 13.8. The molecule has 1 aromatic heterocycles. The second-order valence-electron chi connectivity index (χ2n) is 5.19. The third-order valence-electron chi connectivity index (χ3n) is 3.35. The highest BCUT2D eigenvalue weighted by Crippen LogP contribution is 2.20. The molecule has 114 valence electrons. The van der Waals surface area contributed by atoms with Crippen molar-refractivity contribution in [2.75, 3.05) is 6.54 Å². The van der Waals surface area contributed by atoms with E-state index in [2.05, 4.69) is 24.4 Å². The van der Waals surface area contributed by atoms with Gasteiger partial charge in [0, 0.05) is 28.8 Å². The lowest BCUT2D eigenvalue weighted by atomic mass is 10.1. The van der Waals surface area contributed by atoms with Gasteiger partial charge in [0.05, 0.1) is 6.10 Å². The van der Waals surface area contributed by atoms with Gasteiger partial charge in [-0.25, -0.2) is 0 Å². The van der Waals surface area contributed by atoms with Crippen LogP contribution in [0.2, 0.25) is 0 Å². The van der Waals surface area contributed by atoms with Crippen LogP contribution in [-0.2, 0) is 16.0 Å². The Morgan fingerprint density at radius 1 is 1.55 bits per heavy atom. The number of thiophene rings is 1. The standard InChI is InChI=1S/C14H22N2O2S.ClH/c1-9(7-12-5-3-10(2)19-12)16-14(17)13-6-4-11(8-15)18-13;/h3,5,9,11,13H,4,6-8,15H2,1-2H3,(H,16,17);1H/t9?,11-,13+;/m1./s1. The summed E-state index contributed by atoms with van der Waals surface area (Å²) >= 11 is 1.78. The fraction of sp³-hybridized carbons (Fsp3) is 0.643. The van der Waals surface area contributed by atoms with E-state index in [1.54, 1.807) is 11.3 Å². The van der Waals surface area contributed by atoms with Crippen molar-refractivity contribution in [3.05, 3.63) is 21.9 Å². The monoisotopic (exact) mass is 318 g/mol. The second-order valence-corrected chi connectivity index (χ2v) is 6.56. The minimum Gasteiger partial charge on any atom is -0.364 e. The maximum atomic E-state index is 12.0. The predicted octanol–water partition coefficient (Wildman–Crippen LogP) is 2.03. The predicted molar refractivity (Wildman–Crippen MR) is 84.6 cm³/mol. The van der Waals surface area contributed by atoms with E-state index >= 15 is 0 Å². The molecule has 1 aromatic rings. The first-order valence-electron chi connectivity index (χ1n) is 6.79. The summed E-state index contributed by atoms with van der Waals surface area (Å²) in [4.78, 5) is 14.6. The van der Waals surface area contributed by atoms with Gasteiger partial charge in [-0.05, 0) is 38.8 Å². The van der Waals surface area contributed by atoms with Gasteiger partial charge in [0.25, 0.3) is 0 Å². The lowest BCUT2D eigenvalue weighted by molar-refractivity contribution is -0.132. The Kier molecular flexibility index (Phi) is 6.95. The number of hydrogen-bond acceptors (Lipinski definition) is 4. The van der Waals surface area contributed by atoms with Crippen LogP contribution >= 0.6 is 23.7 Å². The van der Waals surface area contributed by atoms with Crippen molar-refractivity contribution < 1.29 is 9.53 Å². The summed E-state index contributed by atoms with van der Waals surface area (Å²) in [5, 5.41) is 3.03. The van der Waals surface area contributed by atoms with Crippen molar-refractivity contribution >= 4 is 29.7 Å². The average molecular weight is 319 g/mol. The zero-order valence-corrected chi connectivity index (χ0v) is 13.6. The highest BCUT2D eigenvalue weighted by atomic mass is 35.5. The number of aryl methyl sites for hydroxylation is 1. The van der Waals surface area contributed by atoms with Gasteiger partial charge in [-0.15, -0.1) is 23.7 Å². The van der Waals surface area contributed by atoms with Crippen LogP contribution < -0.4 is 11.1 Å². The molecular weight excluding hydrogens is 296 g/mol. The number of carbonyl (C=O) groups is 1. The minimum atomic E-state index is -0.318. The molecule has 6 heteroatoms. The fourth-order valence-corrected chi connectivity index (χ4v) is 3.37. The summed E-state index contributed by atoms with van der Waals surface area (Å²) in [6, 6.07) is 4.37. The lowest BCUT2D eigenvalue weighted by Crippen LogP contribution is -2.41. The Labute approximate surface area is 130 Å². The van der Waals surface area contributed by atoms with Crippen LogP contribution in [0, 0.1) is 6.92 Å². The quantitative estimate of drug-likeness (QED) is 0.873. The Hall–Kier alpha value is -0.620. The number of amides is 1. The first-order valence-corrected chi connectivity index (χ1v) is 7.61. The van der Waals surface area contributed by atoms with E-state index in [1.165, 1.54) is 9.75 Å². The van der Waals surface area contributed by atoms with E-state index in [4.69, 9.17) is 10.5 Å². The van der Waals surface area contributed by atoms with E-state index in [0.29, 0.717) is 6.54 Å². The third-order valence-corrected chi connectivity index (χ3v) is 4.38. The summed E-state index contributed by atoms with van der Waals surface area (Å²) in [6.07, 6.45) is 2.26. The summed E-state index contributed by atoms with van der Waals surface area (Å²) < 4.78 is 5.59. The van der Waals surface area contributed by atoms with Crippen molar-refractivity contribution in [3.8, 4) is 0 Å². The number of nitrogens with one attached hydrogen (secondary N) is 1. The summed E-state index contributed by atoms with van der Waals surface area (Å²) in [5.41, 5.74) is 5.55. The normalized spacial score (nSPS) is 23.1. The van der Waals surface area contributed by atoms with Crippen LogP contribution in [0.5, 0.6) is 0 Å². The molecule has 0 radical (unpaired) electrons. The van der Waals surface area contributed by atoms with Gasteiger partial charge < -0.3 is 15.8 Å². The number of ether oxygens (including phenoxy) is 1. The van der Waals surface area contributed by atoms with Gasteiger partial charge in [-0.1, -0.05) is 0 Å². The summed E-state index contributed by atoms with van der Waals surface area (Å²) in [5.74, 6) is -0.00303. The Morgan fingerprint density at radius 2 is 2.30 bits per heavy atom. The molecule has 1 amide bonds. The lowest BCUT2D eigenvalue weighted by Gasteiger charge is -2.17. The highest BCUT2D eigenvalue weighted by molar-refractivity contribution is 7.11. The minimum absolute atomic E-state index is 0. The molecule has 1 fully saturated rings. The molecular formula is C14H23ClN2O2S. The van der Waals surface area contributed by atoms with Crippen molar-refractivity contribution in [3.63, 3.8) is 0 Å². The molecule has 3 N–H and O–H groups in total. The first kappa shape index (κ1) is 17.4. The third kappa shape index (κ3) is 4.74. The van der Waals surface area contributed by atoms with Gasteiger partial charge in [0.15, 0.2) is 0 Å². The molecule has 0 aliphatic carbocycles. The molecule has 0 spiro atoms. The molecule has 1 aliphatic rings. The zero-order valence-electron chi connectivity index (χ0n) is 11.9. The number of nitrogens with two attached hydrogens (primary N) is 1. The van der Waals surface area contributed by atoms with E-state index in [-0.39, 0.29) is 36.6 Å². The van der Waals surface area contributed by atoms with Crippen molar-refractivity contribution in [1.82, 2.24) is 5.32 Å². The fourth-order valence-electron chi connectivity index (χ4n) is 2.36. The first-order chi connectivity index (χ1) is 9.08. The van der Waals surface area contributed by atoms with Crippen LogP contribution in [0.4, 0.5) is 0 Å². The molecule has 0 saturated carbocycles. The maximum absolute atomic E-state index is 12.0. The molecule has 4 nitrogen and oxygen atoms in total. The Bertz CT molecular complexity index is 439. The van der Waals surface area contributed by atoms with Crippen LogP contribution in [0.15, 0.2) is 12.1 Å². The molecule has 2 heterocycles. The second kappa shape index (κ2) is 7.98. The number of hydrogen-bond donors (Lipinski definition) is 2. The topological polar surface area (TPSA) is 64.4 Å². The van der Waals surface area contributed by atoms with Gasteiger partial charge >= 0.3 is 0 Å². The van der Waals surface area contributed by atoms with Crippen molar-refractivity contribution in [2.24, 2.45) is 5.73 Å². The average Bonchev–Trinajstić information content (AvgIpc) is 2.98. The molecule has 0 bridgehead atoms. The molecule has 1 unspecified atom stereocenters. The van der Waals surface area contributed by atoms with Crippen molar-refractivity contribution in [1.29, 1.82) is 0 Å². The Balaban J connectivity index is 0.00000200. The summed E-state index contributed by atoms with van der Waals surface area (Å²) in [7, 11) is 0. The molecule has 2 rings (SSSR count). The Morgan fingerprint density at radius 3 is 2.85 bits per heavy atom. The number of carbonyl (C=O) groups excluding carboxylic acids is 1. The van der Waals surface area contributed by atoms with Crippen LogP contribution in [0.25, 0.3) is 0 Å². The molecule has 20 heavy (non-hydrogen) atoms. The van der Waals surface area contributed by atoms with Crippen molar-refractivity contribution in [2.45, 2.75) is 51.4 Å². The molecule has 1 saturated heterocycles. The van der Waals surface area contributed by atoms with Crippen LogP contribution in [-0.4, -0.2) is 30.7 Å². The maximum Gasteiger partial charge on any atom is 0.249 e. The van der Waals surface area contributed by atoms with E-state index in [1.807, 2.05) is 6.92 Å². The van der Waals surface area contributed by atoms with Crippen LogP contribution in [0.1, 0.15) is 29.5 Å². The number of halogens is 1.